The van der Waals surface area contributed by atoms with Gasteiger partial charge >= 0.3 is 0 Å². The van der Waals surface area contributed by atoms with E-state index in [4.69, 9.17) is 0 Å². The van der Waals surface area contributed by atoms with Crippen LogP contribution in [0.4, 0.5) is 8.78 Å². The molecule has 1 saturated heterocycles. The third-order valence-electron chi connectivity index (χ3n) is 4.98. The van der Waals surface area contributed by atoms with Gasteiger partial charge in [-0.2, -0.15) is 0 Å². The summed E-state index contributed by atoms with van der Waals surface area (Å²) in [4.78, 5) is 16.5. The number of phenolic OH excluding ortho intramolecular Hbond substituents is 1. The molecule has 1 amide bonds. The molecule has 1 unspecified atom stereocenters. The van der Waals surface area contributed by atoms with E-state index in [0.717, 1.165) is 6.08 Å². The quantitative estimate of drug-likeness (QED) is 0.673. The molecule has 0 saturated carbocycles. The number of halogens is 2. The van der Waals surface area contributed by atoms with Gasteiger partial charge in [-0.1, -0.05) is 18.7 Å². The van der Waals surface area contributed by atoms with E-state index in [9.17, 15) is 18.7 Å². The van der Waals surface area contributed by atoms with E-state index in [1.54, 1.807) is 36.4 Å². The van der Waals surface area contributed by atoms with Crippen molar-refractivity contribution in [3.63, 3.8) is 0 Å². The lowest BCUT2D eigenvalue weighted by Gasteiger charge is -2.38. The van der Waals surface area contributed by atoms with Crippen molar-refractivity contribution in [3.05, 3.63) is 54.7 Å². The van der Waals surface area contributed by atoms with Gasteiger partial charge in [0, 0.05) is 36.0 Å². The number of fused-ring (bicyclic) bond motifs is 1. The lowest BCUT2D eigenvalue weighted by molar-refractivity contribution is -0.138. The molecule has 8 heteroatoms. The fourth-order valence-corrected chi connectivity index (χ4v) is 3.55. The summed E-state index contributed by atoms with van der Waals surface area (Å²) in [5, 5.41) is 18.9. The number of aromatic nitrogens is 3. The third-order valence-corrected chi connectivity index (χ3v) is 4.98. The summed E-state index contributed by atoms with van der Waals surface area (Å²) in [5.74, 6) is -3.17. The molecule has 6 nitrogen and oxygen atoms in total. The second-order valence-electron chi connectivity index (χ2n) is 6.84. The first-order valence-electron chi connectivity index (χ1n) is 8.83. The van der Waals surface area contributed by atoms with E-state index in [0.29, 0.717) is 28.0 Å². The number of nitrogens with zero attached hydrogens (tertiary/aromatic N) is 3. The fraction of sp³-hybridized carbons (Fsp3) is 0.250. The molecule has 4 rings (SSSR count). The Morgan fingerprint density at radius 3 is 2.86 bits per heavy atom. The number of phenols is 1. The van der Waals surface area contributed by atoms with Gasteiger partial charge in [-0.15, -0.1) is 10.2 Å². The number of rotatable bonds is 3. The molecule has 1 aliphatic heterocycles. The molecule has 0 spiro atoms. The highest BCUT2D eigenvalue weighted by Gasteiger charge is 2.42. The van der Waals surface area contributed by atoms with Crippen LogP contribution in [-0.2, 0) is 4.79 Å². The van der Waals surface area contributed by atoms with Crippen LogP contribution in [-0.4, -0.2) is 43.6 Å². The lowest BCUT2D eigenvalue weighted by Crippen LogP contribution is -2.44. The number of likely N-dealkylation sites (tertiary alicyclic amines) is 1. The number of carbonyl (C=O) groups is 1. The zero-order valence-corrected chi connectivity index (χ0v) is 14.9. The first-order chi connectivity index (χ1) is 13.4. The number of para-hydroxylation sites is 1. The Morgan fingerprint density at radius 1 is 1.32 bits per heavy atom. The SMILES string of the molecule is C=CC(=O)N1CCC(F)(F)CC1c1cc2cc(-c3ccccc3O)nnc2[nH]1. The van der Waals surface area contributed by atoms with Crippen molar-refractivity contribution in [3.8, 4) is 17.0 Å². The van der Waals surface area contributed by atoms with E-state index in [1.165, 1.54) is 4.90 Å². The van der Waals surface area contributed by atoms with E-state index in [1.807, 2.05) is 0 Å². The number of amides is 1. The molecule has 0 radical (unpaired) electrons. The molecule has 3 aromatic rings. The smallest absolute Gasteiger partial charge is 0.252 e. The highest BCUT2D eigenvalue weighted by Crippen LogP contribution is 2.40. The maximum Gasteiger partial charge on any atom is 0.252 e. The summed E-state index contributed by atoms with van der Waals surface area (Å²) >= 11 is 0. The highest BCUT2D eigenvalue weighted by atomic mass is 19.3. The average molecular weight is 384 g/mol. The van der Waals surface area contributed by atoms with Gasteiger partial charge in [0.05, 0.1) is 11.7 Å². The third kappa shape index (κ3) is 3.21. The summed E-state index contributed by atoms with van der Waals surface area (Å²) in [7, 11) is 0. The van der Waals surface area contributed by atoms with Crippen LogP contribution in [0.3, 0.4) is 0 Å². The van der Waals surface area contributed by atoms with Crippen LogP contribution in [0.1, 0.15) is 24.6 Å². The van der Waals surface area contributed by atoms with Gasteiger partial charge in [0.15, 0.2) is 5.65 Å². The Morgan fingerprint density at radius 2 is 2.11 bits per heavy atom. The van der Waals surface area contributed by atoms with Gasteiger partial charge in [-0.05, 0) is 30.3 Å². The molecule has 1 aliphatic rings. The number of aromatic amines is 1. The summed E-state index contributed by atoms with van der Waals surface area (Å²) in [6, 6.07) is 9.34. The molecule has 1 atom stereocenters. The zero-order chi connectivity index (χ0) is 19.9. The Kier molecular flexibility index (Phi) is 4.33. The van der Waals surface area contributed by atoms with Crippen molar-refractivity contribution in [2.45, 2.75) is 24.8 Å². The normalized spacial score (nSPS) is 18.9. The lowest BCUT2D eigenvalue weighted by atomic mass is 9.95. The maximum absolute atomic E-state index is 14.0. The molecule has 2 aromatic heterocycles. The summed E-state index contributed by atoms with van der Waals surface area (Å²) < 4.78 is 28.1. The van der Waals surface area contributed by atoms with Crippen molar-refractivity contribution < 1.29 is 18.7 Å². The summed E-state index contributed by atoms with van der Waals surface area (Å²) in [6.45, 7) is 3.41. The van der Waals surface area contributed by atoms with Crippen LogP contribution in [0.25, 0.3) is 22.3 Å². The molecular formula is C20H18F2N4O2. The van der Waals surface area contributed by atoms with Gasteiger partial charge in [-0.25, -0.2) is 8.78 Å². The number of piperidine rings is 1. The molecule has 144 valence electrons. The molecule has 3 heterocycles. The number of H-pyrrole nitrogens is 1. The van der Waals surface area contributed by atoms with Crippen molar-refractivity contribution in [1.82, 2.24) is 20.1 Å². The summed E-state index contributed by atoms with van der Waals surface area (Å²) in [6.07, 6.45) is 0.287. The standard InChI is InChI=1S/C20H18F2N4O2/c1-2-18(28)26-8-7-20(21,22)11-16(26)15-10-12-9-14(24-25-19(12)23-15)13-5-3-4-6-17(13)27/h2-6,9-10,16,27H,1,7-8,11H2,(H,23,25). The average Bonchev–Trinajstić information content (AvgIpc) is 3.10. The number of carbonyl (C=O) groups excluding carboxylic acids is 1. The first kappa shape index (κ1) is 18.1. The van der Waals surface area contributed by atoms with E-state index < -0.39 is 18.4 Å². The topological polar surface area (TPSA) is 82.1 Å². The number of benzene rings is 1. The van der Waals surface area contributed by atoms with Gasteiger partial charge in [-0.3, -0.25) is 4.79 Å². The first-order valence-corrected chi connectivity index (χ1v) is 8.83. The van der Waals surface area contributed by atoms with Crippen molar-refractivity contribution in [2.24, 2.45) is 0 Å². The van der Waals surface area contributed by atoms with Gasteiger partial charge in [0.2, 0.25) is 5.91 Å². The Bertz CT molecular complexity index is 1060. The summed E-state index contributed by atoms with van der Waals surface area (Å²) in [5.41, 5.74) is 1.87. The van der Waals surface area contributed by atoms with E-state index >= 15 is 0 Å². The van der Waals surface area contributed by atoms with Gasteiger partial charge in [0.25, 0.3) is 5.92 Å². The zero-order valence-electron chi connectivity index (χ0n) is 14.9. The van der Waals surface area contributed by atoms with Crippen LogP contribution >= 0.6 is 0 Å². The molecule has 0 bridgehead atoms. The molecule has 2 N–H and O–H groups in total. The van der Waals surface area contributed by atoms with Gasteiger partial charge < -0.3 is 15.0 Å². The second-order valence-corrected chi connectivity index (χ2v) is 6.84. The van der Waals surface area contributed by atoms with Crippen molar-refractivity contribution >= 4 is 16.9 Å². The van der Waals surface area contributed by atoms with Crippen LogP contribution in [0, 0.1) is 0 Å². The number of nitrogens with one attached hydrogen (secondary N) is 1. The van der Waals surface area contributed by atoms with Crippen LogP contribution in [0.5, 0.6) is 5.75 Å². The fourth-order valence-electron chi connectivity index (χ4n) is 3.55. The largest absolute Gasteiger partial charge is 0.507 e. The van der Waals surface area contributed by atoms with Crippen LogP contribution in [0.15, 0.2) is 49.1 Å². The van der Waals surface area contributed by atoms with Crippen molar-refractivity contribution in [1.29, 1.82) is 0 Å². The monoisotopic (exact) mass is 384 g/mol. The van der Waals surface area contributed by atoms with E-state index in [-0.39, 0.29) is 24.6 Å². The molecule has 0 aliphatic carbocycles. The second kappa shape index (κ2) is 6.70. The minimum absolute atomic E-state index is 0.0489. The van der Waals surface area contributed by atoms with Crippen molar-refractivity contribution in [2.75, 3.05) is 6.54 Å². The minimum Gasteiger partial charge on any atom is -0.507 e. The van der Waals surface area contributed by atoms with Crippen LogP contribution < -0.4 is 0 Å². The van der Waals surface area contributed by atoms with Crippen LogP contribution in [0.2, 0.25) is 0 Å². The Hall–Kier alpha value is -3.29. The predicted octanol–water partition coefficient (Wildman–Crippen LogP) is 3.82. The number of aromatic hydroxyl groups is 1. The highest BCUT2D eigenvalue weighted by molar-refractivity contribution is 5.88. The number of hydrogen-bond donors (Lipinski definition) is 2. The predicted molar refractivity (Wildman–Crippen MR) is 99.8 cm³/mol. The molecule has 1 aromatic carbocycles. The minimum atomic E-state index is -2.85. The number of alkyl halides is 2. The maximum atomic E-state index is 14.0. The molecular weight excluding hydrogens is 366 g/mol. The molecule has 1 fully saturated rings. The molecule has 28 heavy (non-hydrogen) atoms. The van der Waals surface area contributed by atoms with E-state index in [2.05, 4.69) is 21.8 Å². The van der Waals surface area contributed by atoms with Gasteiger partial charge in [0.1, 0.15) is 5.75 Å². The Labute approximate surface area is 159 Å². The number of hydrogen-bond acceptors (Lipinski definition) is 4. The Balaban J connectivity index is 1.75.